The molecule has 0 saturated carbocycles. The maximum Gasteiger partial charge on any atom is 0.325 e. The van der Waals surface area contributed by atoms with E-state index < -0.39 is 5.97 Å². The number of thiazole rings is 1. The van der Waals surface area contributed by atoms with E-state index >= 15 is 0 Å². The Labute approximate surface area is 110 Å². The van der Waals surface area contributed by atoms with Gasteiger partial charge in [0.25, 0.3) is 0 Å². The van der Waals surface area contributed by atoms with Gasteiger partial charge in [-0.3, -0.25) is 4.79 Å². The Balaban J connectivity index is 2.19. The molecule has 7 heteroatoms. The van der Waals surface area contributed by atoms with Crippen molar-refractivity contribution in [2.45, 2.75) is 19.8 Å². The highest BCUT2D eigenvalue weighted by Gasteiger charge is 2.10. The predicted octanol–water partition coefficient (Wildman–Crippen LogP) is 1.11. The van der Waals surface area contributed by atoms with Crippen molar-refractivity contribution in [2.24, 2.45) is 0 Å². The topological polar surface area (TPSA) is 80.3 Å². The minimum absolute atomic E-state index is 0.120. The largest absolute Gasteiger partial charge is 0.465 e. The molecule has 1 aromatic heterocycles. The van der Waals surface area contributed by atoms with Gasteiger partial charge >= 0.3 is 12.0 Å². The molecule has 0 saturated heterocycles. The zero-order chi connectivity index (χ0) is 13.4. The van der Waals surface area contributed by atoms with Crippen LogP contribution in [0.3, 0.4) is 0 Å². The molecule has 0 aliphatic carbocycles. The molecule has 0 aromatic carbocycles. The standard InChI is InChI=1S/C11H17N3O3S/c1-3-17-9(15)7-14-11(16)13-6-8(2)10-12-4-5-18-10/h4-5,8H,3,6-7H2,1-2H3,(H2,13,14,16). The number of hydrogen-bond acceptors (Lipinski definition) is 5. The summed E-state index contributed by atoms with van der Waals surface area (Å²) in [4.78, 5) is 26.5. The van der Waals surface area contributed by atoms with Crippen LogP contribution in [0.15, 0.2) is 11.6 Å². The monoisotopic (exact) mass is 271 g/mol. The van der Waals surface area contributed by atoms with Gasteiger partial charge in [0, 0.05) is 24.0 Å². The number of hydrogen-bond donors (Lipinski definition) is 2. The molecule has 1 unspecified atom stereocenters. The average molecular weight is 271 g/mol. The molecule has 18 heavy (non-hydrogen) atoms. The number of aromatic nitrogens is 1. The minimum Gasteiger partial charge on any atom is -0.465 e. The summed E-state index contributed by atoms with van der Waals surface area (Å²) in [6.07, 6.45) is 1.73. The smallest absolute Gasteiger partial charge is 0.325 e. The maximum atomic E-state index is 11.4. The fourth-order valence-corrected chi connectivity index (χ4v) is 1.94. The summed E-state index contributed by atoms with van der Waals surface area (Å²) in [6, 6.07) is -0.383. The van der Waals surface area contributed by atoms with Crippen molar-refractivity contribution < 1.29 is 14.3 Å². The molecule has 1 heterocycles. The molecule has 6 nitrogen and oxygen atoms in total. The van der Waals surface area contributed by atoms with E-state index in [0.29, 0.717) is 13.2 Å². The molecule has 1 rings (SSSR count). The van der Waals surface area contributed by atoms with Crippen molar-refractivity contribution in [1.82, 2.24) is 15.6 Å². The summed E-state index contributed by atoms with van der Waals surface area (Å²) >= 11 is 1.55. The van der Waals surface area contributed by atoms with Gasteiger partial charge in [0.1, 0.15) is 6.54 Å². The Kier molecular flexibility index (Phi) is 6.13. The fraction of sp³-hybridized carbons (Fsp3) is 0.545. The summed E-state index contributed by atoms with van der Waals surface area (Å²) in [5.41, 5.74) is 0. The first-order valence-electron chi connectivity index (χ1n) is 5.70. The van der Waals surface area contributed by atoms with Crippen LogP contribution in [0, 0.1) is 0 Å². The van der Waals surface area contributed by atoms with Crippen molar-refractivity contribution in [3.8, 4) is 0 Å². The van der Waals surface area contributed by atoms with E-state index in [1.807, 2.05) is 12.3 Å². The third kappa shape index (κ3) is 5.13. The Bertz CT molecular complexity index is 381. The van der Waals surface area contributed by atoms with Crippen LogP contribution in [0.4, 0.5) is 4.79 Å². The number of carbonyl (C=O) groups excluding carboxylic acids is 2. The fourth-order valence-electron chi connectivity index (χ4n) is 1.24. The van der Waals surface area contributed by atoms with Crippen LogP contribution in [0.25, 0.3) is 0 Å². The van der Waals surface area contributed by atoms with E-state index in [1.54, 1.807) is 24.5 Å². The number of carbonyl (C=O) groups is 2. The molecule has 1 aromatic rings. The summed E-state index contributed by atoms with van der Waals surface area (Å²) < 4.78 is 4.69. The first kappa shape index (κ1) is 14.4. The number of urea groups is 1. The molecule has 0 aliphatic heterocycles. The van der Waals surface area contributed by atoms with Gasteiger partial charge in [-0.1, -0.05) is 6.92 Å². The number of esters is 1. The molecule has 0 aliphatic rings. The maximum absolute atomic E-state index is 11.4. The van der Waals surface area contributed by atoms with Crippen LogP contribution in [-0.2, 0) is 9.53 Å². The molecule has 1 atom stereocenters. The second-order valence-electron chi connectivity index (χ2n) is 3.64. The molecule has 0 spiro atoms. The van der Waals surface area contributed by atoms with Crippen LogP contribution in [0.5, 0.6) is 0 Å². The van der Waals surface area contributed by atoms with Crippen LogP contribution >= 0.6 is 11.3 Å². The predicted molar refractivity (Wildman–Crippen MR) is 68.6 cm³/mol. The van der Waals surface area contributed by atoms with Crippen molar-refractivity contribution in [2.75, 3.05) is 19.7 Å². The third-order valence-electron chi connectivity index (χ3n) is 2.14. The van der Waals surface area contributed by atoms with Crippen LogP contribution < -0.4 is 10.6 Å². The van der Waals surface area contributed by atoms with Crippen molar-refractivity contribution >= 4 is 23.3 Å². The highest BCUT2D eigenvalue weighted by atomic mass is 32.1. The molecule has 0 bridgehead atoms. The lowest BCUT2D eigenvalue weighted by atomic mass is 10.2. The lowest BCUT2D eigenvalue weighted by molar-refractivity contribution is -0.141. The summed E-state index contributed by atoms with van der Waals surface area (Å²) in [5, 5.41) is 7.97. The molecule has 2 N–H and O–H groups in total. The molecule has 0 fully saturated rings. The highest BCUT2D eigenvalue weighted by Crippen LogP contribution is 2.15. The van der Waals surface area contributed by atoms with Gasteiger partial charge in [-0.15, -0.1) is 11.3 Å². The Morgan fingerprint density at radius 1 is 1.50 bits per heavy atom. The molecule has 0 radical (unpaired) electrons. The highest BCUT2D eigenvalue weighted by molar-refractivity contribution is 7.09. The van der Waals surface area contributed by atoms with Gasteiger partial charge in [0.05, 0.1) is 11.6 Å². The van der Waals surface area contributed by atoms with Gasteiger partial charge in [0.2, 0.25) is 0 Å². The Hall–Kier alpha value is -1.63. The zero-order valence-corrected chi connectivity index (χ0v) is 11.3. The number of nitrogens with zero attached hydrogens (tertiary/aromatic N) is 1. The van der Waals surface area contributed by atoms with E-state index in [0.717, 1.165) is 5.01 Å². The zero-order valence-electron chi connectivity index (χ0n) is 10.4. The van der Waals surface area contributed by atoms with Crippen molar-refractivity contribution in [3.63, 3.8) is 0 Å². The van der Waals surface area contributed by atoms with Crippen LogP contribution in [0.1, 0.15) is 24.8 Å². The molecular weight excluding hydrogens is 254 g/mol. The van der Waals surface area contributed by atoms with E-state index in [4.69, 9.17) is 0 Å². The SMILES string of the molecule is CCOC(=O)CNC(=O)NCC(C)c1nccs1. The number of ether oxygens (including phenoxy) is 1. The van der Waals surface area contributed by atoms with Crippen LogP contribution in [-0.4, -0.2) is 36.7 Å². The van der Waals surface area contributed by atoms with Gasteiger partial charge in [-0.05, 0) is 6.92 Å². The van der Waals surface area contributed by atoms with Gasteiger partial charge in [0.15, 0.2) is 0 Å². The minimum atomic E-state index is -0.444. The second kappa shape index (κ2) is 7.65. The van der Waals surface area contributed by atoms with Gasteiger partial charge < -0.3 is 15.4 Å². The molecule has 2 amide bonds. The first-order valence-corrected chi connectivity index (χ1v) is 6.58. The number of rotatable bonds is 6. The summed E-state index contributed by atoms with van der Waals surface area (Å²) in [6.45, 7) is 4.36. The normalized spacial score (nSPS) is 11.7. The molecular formula is C11H17N3O3S. The van der Waals surface area contributed by atoms with E-state index in [2.05, 4.69) is 20.4 Å². The van der Waals surface area contributed by atoms with E-state index in [9.17, 15) is 9.59 Å². The number of amides is 2. The third-order valence-corrected chi connectivity index (χ3v) is 3.15. The first-order chi connectivity index (χ1) is 8.63. The van der Waals surface area contributed by atoms with E-state index in [1.165, 1.54) is 0 Å². The number of nitrogens with one attached hydrogen (secondary N) is 2. The van der Waals surface area contributed by atoms with Crippen LogP contribution in [0.2, 0.25) is 0 Å². The van der Waals surface area contributed by atoms with Crippen molar-refractivity contribution in [1.29, 1.82) is 0 Å². The van der Waals surface area contributed by atoms with Gasteiger partial charge in [-0.25, -0.2) is 9.78 Å². The lowest BCUT2D eigenvalue weighted by Gasteiger charge is -2.10. The van der Waals surface area contributed by atoms with Crippen molar-refractivity contribution in [3.05, 3.63) is 16.6 Å². The Morgan fingerprint density at radius 2 is 2.28 bits per heavy atom. The summed E-state index contributed by atoms with van der Waals surface area (Å²) in [7, 11) is 0. The van der Waals surface area contributed by atoms with E-state index in [-0.39, 0.29) is 18.5 Å². The summed E-state index contributed by atoms with van der Waals surface area (Å²) in [5.74, 6) is -0.293. The molecule has 100 valence electrons. The quantitative estimate of drug-likeness (QED) is 0.759. The second-order valence-corrected chi connectivity index (χ2v) is 4.57. The Morgan fingerprint density at radius 3 is 2.89 bits per heavy atom. The lowest BCUT2D eigenvalue weighted by Crippen LogP contribution is -2.40. The van der Waals surface area contributed by atoms with Gasteiger partial charge in [-0.2, -0.15) is 0 Å². The average Bonchev–Trinajstić information content (AvgIpc) is 2.87.